The molecule has 0 amide bonds. The molecular formula is C14H22FN3O2S. The number of sulfonamides is 1. The summed E-state index contributed by atoms with van der Waals surface area (Å²) in [5.41, 5.74) is 0.727. The second kappa shape index (κ2) is 6.83. The highest BCUT2D eigenvalue weighted by molar-refractivity contribution is 7.89. The first-order chi connectivity index (χ1) is 9.98. The quantitative estimate of drug-likeness (QED) is 0.876. The molecule has 0 bridgehead atoms. The second-order valence-electron chi connectivity index (χ2n) is 5.13. The van der Waals surface area contributed by atoms with Crippen LogP contribution in [0.15, 0.2) is 23.1 Å². The summed E-state index contributed by atoms with van der Waals surface area (Å²) in [4.78, 5) is 1.95. The molecule has 0 aliphatic carbocycles. The third-order valence-corrected chi connectivity index (χ3v) is 5.71. The summed E-state index contributed by atoms with van der Waals surface area (Å²) < 4.78 is 40.5. The predicted octanol–water partition coefficient (Wildman–Crippen LogP) is 0.871. The maximum Gasteiger partial charge on any atom is 0.246 e. The Bertz CT molecular complexity index is 584. The predicted molar refractivity (Wildman–Crippen MR) is 80.0 cm³/mol. The molecular weight excluding hydrogens is 293 g/mol. The summed E-state index contributed by atoms with van der Waals surface area (Å²) in [5, 5.41) is 2.91. The zero-order chi connectivity index (χ0) is 15.5. The van der Waals surface area contributed by atoms with Crippen LogP contribution in [0.4, 0.5) is 4.39 Å². The lowest BCUT2D eigenvalue weighted by atomic mass is 10.2. The summed E-state index contributed by atoms with van der Waals surface area (Å²) in [5.74, 6) is -0.680. The molecule has 0 unspecified atom stereocenters. The van der Waals surface area contributed by atoms with Crippen LogP contribution in [0, 0.1) is 5.82 Å². The first-order valence-electron chi connectivity index (χ1n) is 7.14. The van der Waals surface area contributed by atoms with Gasteiger partial charge < -0.3 is 10.2 Å². The first kappa shape index (κ1) is 16.4. The van der Waals surface area contributed by atoms with Gasteiger partial charge in [0.2, 0.25) is 10.0 Å². The van der Waals surface area contributed by atoms with Crippen molar-refractivity contribution >= 4 is 10.0 Å². The smallest absolute Gasteiger partial charge is 0.246 e. The van der Waals surface area contributed by atoms with Crippen LogP contribution in [0.1, 0.15) is 12.5 Å². The van der Waals surface area contributed by atoms with E-state index < -0.39 is 15.8 Å². The van der Waals surface area contributed by atoms with Gasteiger partial charge in [0.25, 0.3) is 0 Å². The van der Waals surface area contributed by atoms with Crippen molar-refractivity contribution in [3.05, 3.63) is 29.6 Å². The Morgan fingerprint density at radius 3 is 2.43 bits per heavy atom. The number of piperazine rings is 1. The molecule has 21 heavy (non-hydrogen) atoms. The molecule has 1 heterocycles. The molecule has 1 aromatic rings. The molecule has 1 aliphatic heterocycles. The van der Waals surface area contributed by atoms with Crippen LogP contribution >= 0.6 is 0 Å². The number of hydrogen-bond acceptors (Lipinski definition) is 4. The van der Waals surface area contributed by atoms with Crippen molar-refractivity contribution < 1.29 is 12.8 Å². The van der Waals surface area contributed by atoms with Gasteiger partial charge in [-0.1, -0.05) is 13.0 Å². The van der Waals surface area contributed by atoms with Crippen molar-refractivity contribution in [1.29, 1.82) is 0 Å². The Morgan fingerprint density at radius 1 is 1.24 bits per heavy atom. The molecule has 0 saturated carbocycles. The van der Waals surface area contributed by atoms with Crippen LogP contribution in [-0.2, 0) is 16.6 Å². The standard InChI is InChI=1S/C14H22FN3O2S/c1-3-17-6-8-18(9-7-17)21(19,20)14-5-4-12(11-16-2)10-13(14)15/h4-5,10,16H,3,6-9,11H2,1-2H3. The molecule has 7 heteroatoms. The number of halogens is 1. The largest absolute Gasteiger partial charge is 0.316 e. The van der Waals surface area contributed by atoms with E-state index in [9.17, 15) is 12.8 Å². The van der Waals surface area contributed by atoms with Crippen LogP contribution in [0.25, 0.3) is 0 Å². The van der Waals surface area contributed by atoms with E-state index in [2.05, 4.69) is 10.2 Å². The summed E-state index contributed by atoms with van der Waals surface area (Å²) in [6, 6.07) is 4.30. The van der Waals surface area contributed by atoms with Crippen LogP contribution in [0.3, 0.4) is 0 Å². The maximum atomic E-state index is 14.1. The summed E-state index contributed by atoms with van der Waals surface area (Å²) >= 11 is 0. The molecule has 0 radical (unpaired) electrons. The van der Waals surface area contributed by atoms with E-state index in [1.54, 1.807) is 13.1 Å². The van der Waals surface area contributed by atoms with Crippen molar-refractivity contribution in [2.75, 3.05) is 39.8 Å². The van der Waals surface area contributed by atoms with Gasteiger partial charge in [-0.3, -0.25) is 0 Å². The van der Waals surface area contributed by atoms with Crippen molar-refractivity contribution in [3.8, 4) is 0 Å². The van der Waals surface area contributed by atoms with Gasteiger partial charge in [0.15, 0.2) is 0 Å². The minimum absolute atomic E-state index is 0.229. The zero-order valence-corrected chi connectivity index (χ0v) is 13.3. The van der Waals surface area contributed by atoms with Crippen LogP contribution in [-0.4, -0.2) is 57.4 Å². The Morgan fingerprint density at radius 2 is 1.90 bits per heavy atom. The van der Waals surface area contributed by atoms with E-state index in [1.807, 2.05) is 6.92 Å². The zero-order valence-electron chi connectivity index (χ0n) is 12.5. The van der Waals surface area contributed by atoms with Crippen molar-refractivity contribution in [2.45, 2.75) is 18.4 Å². The summed E-state index contributed by atoms with van der Waals surface area (Å²) in [6.07, 6.45) is 0. The van der Waals surface area contributed by atoms with Gasteiger partial charge in [0.1, 0.15) is 10.7 Å². The minimum atomic E-state index is -3.74. The molecule has 1 fully saturated rings. The number of rotatable bonds is 5. The minimum Gasteiger partial charge on any atom is -0.316 e. The Balaban J connectivity index is 2.20. The Labute approximate surface area is 125 Å². The van der Waals surface area contributed by atoms with Gasteiger partial charge in [-0.25, -0.2) is 12.8 Å². The highest BCUT2D eigenvalue weighted by Crippen LogP contribution is 2.21. The summed E-state index contributed by atoms with van der Waals surface area (Å²) in [7, 11) is -1.99. The molecule has 1 aromatic carbocycles. The molecule has 0 atom stereocenters. The molecule has 118 valence electrons. The molecule has 5 nitrogen and oxygen atoms in total. The number of nitrogens with one attached hydrogen (secondary N) is 1. The van der Waals surface area contributed by atoms with Gasteiger partial charge >= 0.3 is 0 Å². The topological polar surface area (TPSA) is 52.7 Å². The van der Waals surface area contributed by atoms with E-state index in [1.165, 1.54) is 16.4 Å². The first-order valence-corrected chi connectivity index (χ1v) is 8.58. The van der Waals surface area contributed by atoms with Crippen molar-refractivity contribution in [3.63, 3.8) is 0 Å². The monoisotopic (exact) mass is 315 g/mol. The Kier molecular flexibility index (Phi) is 5.32. The highest BCUT2D eigenvalue weighted by atomic mass is 32.2. The Hall–Kier alpha value is -1.02. The van der Waals surface area contributed by atoms with E-state index >= 15 is 0 Å². The van der Waals surface area contributed by atoms with Crippen LogP contribution in [0.2, 0.25) is 0 Å². The number of likely N-dealkylation sites (N-methyl/N-ethyl adjacent to an activating group) is 1. The van der Waals surface area contributed by atoms with Crippen molar-refractivity contribution in [1.82, 2.24) is 14.5 Å². The third-order valence-electron chi connectivity index (χ3n) is 3.77. The lowest BCUT2D eigenvalue weighted by Crippen LogP contribution is -2.48. The molecule has 1 N–H and O–H groups in total. The van der Waals surface area contributed by atoms with E-state index in [0.717, 1.165) is 12.1 Å². The molecule has 1 saturated heterocycles. The van der Waals surface area contributed by atoms with Gasteiger partial charge in [0.05, 0.1) is 0 Å². The normalized spacial score (nSPS) is 18.0. The molecule has 0 aromatic heterocycles. The van der Waals surface area contributed by atoms with Gasteiger partial charge in [0, 0.05) is 32.7 Å². The van der Waals surface area contributed by atoms with Gasteiger partial charge in [-0.05, 0) is 31.3 Å². The fourth-order valence-electron chi connectivity index (χ4n) is 2.49. The third kappa shape index (κ3) is 3.60. The summed E-state index contributed by atoms with van der Waals surface area (Å²) in [6.45, 7) is 5.66. The van der Waals surface area contributed by atoms with E-state index in [4.69, 9.17) is 0 Å². The molecule has 0 spiro atoms. The number of hydrogen-bond donors (Lipinski definition) is 1. The molecule has 1 aliphatic rings. The van der Waals surface area contributed by atoms with Gasteiger partial charge in [-0.15, -0.1) is 0 Å². The lowest BCUT2D eigenvalue weighted by molar-refractivity contribution is 0.196. The maximum absolute atomic E-state index is 14.1. The molecule has 2 rings (SSSR count). The average molecular weight is 315 g/mol. The fraction of sp³-hybridized carbons (Fsp3) is 0.571. The van der Waals surface area contributed by atoms with Crippen LogP contribution in [0.5, 0.6) is 0 Å². The van der Waals surface area contributed by atoms with Gasteiger partial charge in [-0.2, -0.15) is 4.31 Å². The number of benzene rings is 1. The number of nitrogens with zero attached hydrogens (tertiary/aromatic N) is 2. The average Bonchev–Trinajstić information content (AvgIpc) is 2.47. The van der Waals surface area contributed by atoms with Crippen molar-refractivity contribution in [2.24, 2.45) is 0 Å². The second-order valence-corrected chi connectivity index (χ2v) is 7.04. The lowest BCUT2D eigenvalue weighted by Gasteiger charge is -2.33. The van der Waals surface area contributed by atoms with Crippen LogP contribution < -0.4 is 5.32 Å². The SMILES string of the molecule is CCN1CCN(S(=O)(=O)c2ccc(CNC)cc2F)CC1. The fourth-order valence-corrected chi connectivity index (χ4v) is 3.96. The van der Waals surface area contributed by atoms with E-state index in [-0.39, 0.29) is 4.90 Å². The van der Waals surface area contributed by atoms with E-state index in [0.29, 0.717) is 32.7 Å². The highest BCUT2D eigenvalue weighted by Gasteiger charge is 2.30.